The lowest BCUT2D eigenvalue weighted by atomic mass is 10.0. The second kappa shape index (κ2) is 15.3. The number of alkyl halides is 2. The van der Waals surface area contributed by atoms with Crippen molar-refractivity contribution in [1.82, 2.24) is 24.8 Å². The fourth-order valence-electron chi connectivity index (χ4n) is 4.95. The van der Waals surface area contributed by atoms with Gasteiger partial charge in [-0.2, -0.15) is 10.2 Å². The topological polar surface area (TPSA) is 157 Å². The molecule has 2 aromatic carbocycles. The first kappa shape index (κ1) is 32.5. The zero-order valence-corrected chi connectivity index (χ0v) is 24.4. The van der Waals surface area contributed by atoms with Gasteiger partial charge >= 0.3 is 0 Å². The average molecular weight is 612 g/mol. The molecule has 0 saturated carbocycles. The number of nitrogens with one attached hydrogen (secondary N) is 1. The van der Waals surface area contributed by atoms with Gasteiger partial charge in [-0.3, -0.25) is 4.79 Å². The number of ether oxygens (including phenoxy) is 2. The molecule has 0 bridgehead atoms. The Balaban J connectivity index is 0.00000216. The fraction of sp³-hybridized carbons (Fsp3) is 0.433. The van der Waals surface area contributed by atoms with E-state index in [2.05, 4.69) is 26.3 Å². The standard InChI is InChI=1S/C29H31F2N7O4.CH4O/c1-37-10-8-25(22(30)14-37)41-21-5-3-20(4-6-21)35-29-34-17-33-28(36-29)18-2-7-24(19(12-18)13-32)42-26-9-11-38(15-23(26)31)27(40)16-39;1-2/h2-7,12,17,22-23,25-26,39H,8-11,14-16H2,1H3,(H,33,34,35,36);2H,1H3/t22-,23-,25?,26+;/m1./s1. The monoisotopic (exact) mass is 611 g/mol. The molecular weight excluding hydrogens is 576 g/mol. The Morgan fingerprint density at radius 2 is 1.75 bits per heavy atom. The molecule has 44 heavy (non-hydrogen) atoms. The molecule has 3 N–H and O–H groups in total. The van der Waals surface area contributed by atoms with Crippen molar-refractivity contribution in [2.75, 3.05) is 52.3 Å². The molecule has 3 heterocycles. The Hall–Kier alpha value is -4.45. The van der Waals surface area contributed by atoms with Gasteiger partial charge in [0.05, 0.1) is 12.1 Å². The van der Waals surface area contributed by atoms with Crippen LogP contribution in [0, 0.1) is 11.3 Å². The van der Waals surface area contributed by atoms with Crippen LogP contribution >= 0.6 is 0 Å². The second-order valence-corrected chi connectivity index (χ2v) is 10.3. The van der Waals surface area contributed by atoms with Crippen molar-refractivity contribution in [3.8, 4) is 29.0 Å². The lowest BCUT2D eigenvalue weighted by molar-refractivity contribution is -0.138. The van der Waals surface area contributed by atoms with Crippen LogP contribution in [0.25, 0.3) is 11.4 Å². The Kier molecular flexibility index (Phi) is 11.3. The first-order chi connectivity index (χ1) is 21.3. The maximum absolute atomic E-state index is 14.7. The van der Waals surface area contributed by atoms with E-state index in [9.17, 15) is 18.8 Å². The number of amides is 1. The summed E-state index contributed by atoms with van der Waals surface area (Å²) in [5, 5.41) is 28.8. The lowest BCUT2D eigenvalue weighted by Gasteiger charge is -2.34. The Labute approximate surface area is 253 Å². The normalized spacial score (nSPS) is 21.8. The zero-order valence-electron chi connectivity index (χ0n) is 24.4. The third-order valence-electron chi connectivity index (χ3n) is 7.26. The minimum absolute atomic E-state index is 0.180. The van der Waals surface area contributed by atoms with Gasteiger partial charge < -0.3 is 34.8 Å². The maximum Gasteiger partial charge on any atom is 0.248 e. The molecule has 2 aliphatic heterocycles. The van der Waals surface area contributed by atoms with Gasteiger partial charge in [-0.15, -0.1) is 0 Å². The summed E-state index contributed by atoms with van der Waals surface area (Å²) in [6.45, 7) is 0.526. The number of hydrogen-bond donors (Lipinski definition) is 3. The number of aromatic nitrogens is 3. The summed E-state index contributed by atoms with van der Waals surface area (Å²) in [6, 6.07) is 13.9. The smallest absolute Gasteiger partial charge is 0.248 e. The van der Waals surface area contributed by atoms with Crippen LogP contribution in [0.2, 0.25) is 0 Å². The molecule has 234 valence electrons. The van der Waals surface area contributed by atoms with Crippen LogP contribution in [-0.2, 0) is 4.79 Å². The number of carbonyl (C=O) groups excluding carboxylic acids is 1. The van der Waals surface area contributed by atoms with E-state index in [1.54, 1.807) is 42.5 Å². The Morgan fingerprint density at radius 3 is 2.43 bits per heavy atom. The number of aliphatic hydroxyl groups is 2. The number of halogens is 2. The molecule has 2 saturated heterocycles. The molecule has 1 aromatic heterocycles. The summed E-state index contributed by atoms with van der Waals surface area (Å²) >= 11 is 0. The van der Waals surface area contributed by atoms with Crippen molar-refractivity contribution in [3.63, 3.8) is 0 Å². The zero-order chi connectivity index (χ0) is 31.6. The number of aliphatic hydroxyl groups excluding tert-OH is 2. The first-order valence-corrected chi connectivity index (χ1v) is 14.1. The number of anilines is 2. The number of carbonyl (C=O) groups is 1. The minimum atomic E-state index is -1.46. The summed E-state index contributed by atoms with van der Waals surface area (Å²) in [5.74, 6) is 0.838. The lowest BCUT2D eigenvalue weighted by Crippen LogP contribution is -2.50. The van der Waals surface area contributed by atoms with Crippen molar-refractivity contribution < 1.29 is 33.3 Å². The second-order valence-electron chi connectivity index (χ2n) is 10.3. The van der Waals surface area contributed by atoms with Crippen LogP contribution in [0.1, 0.15) is 18.4 Å². The van der Waals surface area contributed by atoms with Gasteiger partial charge in [0.2, 0.25) is 11.9 Å². The van der Waals surface area contributed by atoms with Crippen LogP contribution in [0.3, 0.4) is 0 Å². The Morgan fingerprint density at radius 1 is 1.05 bits per heavy atom. The quantitative estimate of drug-likeness (QED) is 0.344. The van der Waals surface area contributed by atoms with E-state index in [0.29, 0.717) is 35.8 Å². The number of nitriles is 1. The van der Waals surface area contributed by atoms with E-state index >= 15 is 0 Å². The number of hydrogen-bond acceptors (Lipinski definition) is 11. The molecule has 0 spiro atoms. The highest BCUT2D eigenvalue weighted by Crippen LogP contribution is 2.29. The molecule has 2 fully saturated rings. The number of nitrogens with zero attached hydrogens (tertiary/aromatic N) is 6. The van der Waals surface area contributed by atoms with Gasteiger partial charge in [0.15, 0.2) is 12.0 Å². The fourth-order valence-corrected chi connectivity index (χ4v) is 4.95. The van der Waals surface area contributed by atoms with E-state index in [1.165, 1.54) is 11.2 Å². The Bertz CT molecular complexity index is 1440. The largest absolute Gasteiger partial charge is 0.487 e. The van der Waals surface area contributed by atoms with Crippen molar-refractivity contribution in [1.29, 1.82) is 5.26 Å². The average Bonchev–Trinajstić information content (AvgIpc) is 3.05. The predicted octanol–water partition coefficient (Wildman–Crippen LogP) is 2.49. The highest BCUT2D eigenvalue weighted by Gasteiger charge is 2.33. The minimum Gasteiger partial charge on any atom is -0.487 e. The van der Waals surface area contributed by atoms with Crippen LogP contribution < -0.4 is 14.8 Å². The van der Waals surface area contributed by atoms with Crippen LogP contribution in [0.15, 0.2) is 48.8 Å². The van der Waals surface area contributed by atoms with Crippen LogP contribution in [0.4, 0.5) is 20.4 Å². The van der Waals surface area contributed by atoms with Crippen molar-refractivity contribution in [2.24, 2.45) is 0 Å². The highest BCUT2D eigenvalue weighted by atomic mass is 19.1. The van der Waals surface area contributed by atoms with Gasteiger partial charge in [-0.1, -0.05) is 0 Å². The molecule has 14 heteroatoms. The van der Waals surface area contributed by atoms with Crippen LogP contribution in [0.5, 0.6) is 11.5 Å². The maximum atomic E-state index is 14.7. The third-order valence-corrected chi connectivity index (χ3v) is 7.26. The first-order valence-electron chi connectivity index (χ1n) is 14.1. The van der Waals surface area contributed by atoms with E-state index in [1.807, 2.05) is 11.9 Å². The molecule has 0 aliphatic carbocycles. The summed E-state index contributed by atoms with van der Waals surface area (Å²) in [6.07, 6.45) is -1.63. The van der Waals surface area contributed by atoms with Gasteiger partial charge in [0.1, 0.15) is 48.9 Å². The molecular formula is C30H35F2N7O5. The van der Waals surface area contributed by atoms with Gasteiger partial charge in [0, 0.05) is 44.4 Å². The number of piperidine rings is 2. The number of likely N-dealkylation sites (tertiary alicyclic amines) is 2. The molecule has 1 amide bonds. The molecule has 12 nitrogen and oxygen atoms in total. The van der Waals surface area contributed by atoms with E-state index in [4.69, 9.17) is 19.7 Å². The summed E-state index contributed by atoms with van der Waals surface area (Å²) in [5.41, 5.74) is 1.40. The summed E-state index contributed by atoms with van der Waals surface area (Å²) in [7, 11) is 2.89. The SMILES string of the molecule is CN1CCC(Oc2ccc(Nc3ncnc(-c4ccc(O[C@H]5CCN(C(=O)CO)C[C@H]5F)c(C#N)c4)n3)cc2)[C@H](F)C1.CO. The summed E-state index contributed by atoms with van der Waals surface area (Å²) < 4.78 is 40.7. The predicted molar refractivity (Wildman–Crippen MR) is 157 cm³/mol. The van der Waals surface area contributed by atoms with Crippen LogP contribution in [-0.4, -0.2) is 112 Å². The molecule has 4 atom stereocenters. The van der Waals surface area contributed by atoms with Gasteiger partial charge in [0.25, 0.3) is 0 Å². The van der Waals surface area contributed by atoms with Crippen molar-refractivity contribution in [2.45, 2.75) is 37.4 Å². The van der Waals surface area contributed by atoms with Gasteiger partial charge in [-0.05, 0) is 55.9 Å². The molecule has 1 unspecified atom stereocenters. The molecule has 0 radical (unpaired) electrons. The number of benzene rings is 2. The number of rotatable bonds is 8. The molecule has 3 aromatic rings. The molecule has 5 rings (SSSR count). The molecule has 2 aliphatic rings. The highest BCUT2D eigenvalue weighted by molar-refractivity contribution is 5.77. The summed E-state index contributed by atoms with van der Waals surface area (Å²) in [4.78, 5) is 27.7. The third kappa shape index (κ3) is 8.13. The van der Waals surface area contributed by atoms with E-state index in [-0.39, 0.29) is 36.8 Å². The van der Waals surface area contributed by atoms with Crippen molar-refractivity contribution in [3.05, 3.63) is 54.4 Å². The van der Waals surface area contributed by atoms with Gasteiger partial charge in [-0.25, -0.2) is 18.7 Å². The van der Waals surface area contributed by atoms with Crippen molar-refractivity contribution >= 4 is 17.5 Å². The van der Waals surface area contributed by atoms with E-state index < -0.39 is 37.1 Å². The van der Waals surface area contributed by atoms with E-state index in [0.717, 1.165) is 13.7 Å².